The summed E-state index contributed by atoms with van der Waals surface area (Å²) < 4.78 is 9.07. The third-order valence-corrected chi connectivity index (χ3v) is 7.27. The Morgan fingerprint density at radius 3 is 2.60 bits per heavy atom. The number of anilines is 1. The number of hydrogen-bond donors (Lipinski definition) is 1. The van der Waals surface area contributed by atoms with Crippen molar-refractivity contribution in [2.75, 3.05) is 3.11 Å². The molecule has 0 bridgehead atoms. The molecule has 0 aliphatic carbocycles. The van der Waals surface area contributed by atoms with E-state index in [1.165, 1.54) is 3.11 Å². The van der Waals surface area contributed by atoms with Crippen molar-refractivity contribution in [3.05, 3.63) is 60.2 Å². The van der Waals surface area contributed by atoms with Gasteiger partial charge in [0.05, 0.1) is 35.0 Å². The first-order valence-electron chi connectivity index (χ1n) is 7.04. The lowest BCUT2D eigenvalue weighted by Gasteiger charge is -2.25. The highest BCUT2D eigenvalue weighted by atomic mass is 127. The summed E-state index contributed by atoms with van der Waals surface area (Å²) in [6.07, 6.45) is 1.23. The molecule has 25 heavy (non-hydrogen) atoms. The molecular formula is C17H10I3NO4. The number of ether oxygens (including phenoxy) is 1. The second kappa shape index (κ2) is 7.78. The fraction of sp³-hybridized carbons (Fsp3) is 0.0588. The Bertz CT molecular complexity index is 911. The maximum Gasteiger partial charge on any atom is 0.428 e. The molecule has 2 aromatic rings. The van der Waals surface area contributed by atoms with Gasteiger partial charge in [-0.15, -0.1) is 0 Å². The lowest BCUT2D eigenvalue weighted by Crippen LogP contribution is -2.26. The molecule has 1 heterocycles. The molecule has 1 aliphatic rings. The predicted octanol–water partition coefficient (Wildman–Crippen LogP) is 5.33. The van der Waals surface area contributed by atoms with E-state index in [1.807, 2.05) is 41.1 Å². The molecule has 0 saturated heterocycles. The van der Waals surface area contributed by atoms with Gasteiger partial charge in [0.25, 0.3) is 0 Å². The van der Waals surface area contributed by atoms with Crippen molar-refractivity contribution >= 4 is 97.6 Å². The van der Waals surface area contributed by atoms with E-state index in [1.54, 1.807) is 24.3 Å². The Labute approximate surface area is 185 Å². The zero-order valence-corrected chi connectivity index (χ0v) is 19.0. The number of hydrogen-bond acceptors (Lipinski definition) is 3. The van der Waals surface area contributed by atoms with Crippen LogP contribution in [0.25, 0.3) is 11.8 Å². The second-order valence-electron chi connectivity index (χ2n) is 5.25. The SMILES string of the molecule is O=C(O)Cc1ccc2c(c1)/C(=C/c1ccc(I)c(I)c1)OC(=O)N2I. The van der Waals surface area contributed by atoms with Crippen LogP contribution in [-0.2, 0) is 16.0 Å². The van der Waals surface area contributed by atoms with Crippen molar-refractivity contribution in [3.63, 3.8) is 0 Å². The molecular weight excluding hydrogens is 663 g/mol. The van der Waals surface area contributed by atoms with E-state index in [9.17, 15) is 9.59 Å². The Balaban J connectivity index is 2.10. The third kappa shape index (κ3) is 4.27. The van der Waals surface area contributed by atoms with E-state index >= 15 is 0 Å². The van der Waals surface area contributed by atoms with E-state index in [2.05, 4.69) is 45.2 Å². The Morgan fingerprint density at radius 1 is 1.16 bits per heavy atom. The van der Waals surface area contributed by atoms with Crippen LogP contribution in [0.5, 0.6) is 0 Å². The van der Waals surface area contributed by atoms with Crippen molar-refractivity contribution in [2.45, 2.75) is 6.42 Å². The number of benzene rings is 2. The zero-order valence-electron chi connectivity index (χ0n) is 12.5. The van der Waals surface area contributed by atoms with Crippen LogP contribution < -0.4 is 3.11 Å². The molecule has 0 unspecified atom stereocenters. The van der Waals surface area contributed by atoms with Gasteiger partial charge in [0, 0.05) is 12.7 Å². The minimum atomic E-state index is -0.906. The van der Waals surface area contributed by atoms with Crippen molar-refractivity contribution in [2.24, 2.45) is 0 Å². The summed E-state index contributed by atoms with van der Waals surface area (Å²) in [5.41, 5.74) is 2.93. The van der Waals surface area contributed by atoms with E-state index < -0.39 is 12.1 Å². The number of aliphatic carboxylic acids is 1. The van der Waals surface area contributed by atoms with Crippen molar-refractivity contribution < 1.29 is 19.4 Å². The normalized spacial score (nSPS) is 15.1. The molecule has 0 saturated carbocycles. The van der Waals surface area contributed by atoms with Crippen LogP contribution in [0.15, 0.2) is 36.4 Å². The largest absolute Gasteiger partial charge is 0.481 e. The molecule has 0 radical (unpaired) electrons. The molecule has 0 fully saturated rings. The molecule has 0 spiro atoms. The third-order valence-electron chi connectivity index (χ3n) is 3.49. The monoisotopic (exact) mass is 673 g/mol. The van der Waals surface area contributed by atoms with Gasteiger partial charge in [-0.25, -0.2) is 7.91 Å². The molecule has 128 valence electrons. The van der Waals surface area contributed by atoms with E-state index in [0.717, 1.165) is 12.7 Å². The summed E-state index contributed by atoms with van der Waals surface area (Å²) in [5, 5.41) is 9.01. The van der Waals surface area contributed by atoms with Gasteiger partial charge in [0.2, 0.25) is 0 Å². The number of fused-ring (bicyclic) bond motifs is 1. The summed E-state index contributed by atoms with van der Waals surface area (Å²) in [4.78, 5) is 23.1. The predicted molar refractivity (Wildman–Crippen MR) is 121 cm³/mol. The van der Waals surface area contributed by atoms with Crippen molar-refractivity contribution in [1.29, 1.82) is 0 Å². The van der Waals surface area contributed by atoms with Gasteiger partial charge >= 0.3 is 12.1 Å². The summed E-state index contributed by atoms with van der Waals surface area (Å²) in [7, 11) is 0. The Kier molecular flexibility index (Phi) is 5.88. The number of carbonyl (C=O) groups excluding carboxylic acids is 1. The molecule has 0 aromatic heterocycles. The van der Waals surface area contributed by atoms with Crippen molar-refractivity contribution in [3.8, 4) is 0 Å². The van der Waals surface area contributed by atoms with Gasteiger partial charge in [-0.3, -0.25) is 4.79 Å². The highest BCUT2D eigenvalue weighted by Crippen LogP contribution is 2.38. The van der Waals surface area contributed by atoms with Gasteiger partial charge in [-0.05, 0) is 86.7 Å². The lowest BCUT2D eigenvalue weighted by molar-refractivity contribution is -0.136. The van der Waals surface area contributed by atoms with Crippen LogP contribution in [0, 0.1) is 7.14 Å². The molecule has 1 aliphatic heterocycles. The van der Waals surface area contributed by atoms with Gasteiger partial charge in [0.1, 0.15) is 5.76 Å². The topological polar surface area (TPSA) is 66.8 Å². The standard InChI is InChI=1S/C17H10I3NO4/c18-12-3-1-10(6-13(12)19)7-15-11-5-9(8-16(22)23)2-4-14(11)21(20)17(24)25-15/h1-7H,8H2,(H,22,23)/b15-7-. The van der Waals surface area contributed by atoms with Crippen molar-refractivity contribution in [1.82, 2.24) is 0 Å². The molecule has 2 aromatic carbocycles. The summed E-state index contributed by atoms with van der Waals surface area (Å²) in [6, 6.07) is 11.1. The van der Waals surface area contributed by atoms with Gasteiger partial charge in [0.15, 0.2) is 0 Å². The maximum absolute atomic E-state index is 12.1. The molecule has 1 amide bonds. The van der Waals surface area contributed by atoms with Gasteiger partial charge in [-0.1, -0.05) is 12.1 Å². The number of cyclic esters (lactones) is 1. The van der Waals surface area contributed by atoms with Crippen LogP contribution in [0.1, 0.15) is 16.7 Å². The quantitative estimate of drug-likeness (QED) is 0.354. The number of halogens is 3. The number of nitrogens with zero attached hydrogens (tertiary/aromatic N) is 1. The first-order chi connectivity index (χ1) is 11.8. The fourth-order valence-corrected chi connectivity index (χ4v) is 3.78. The molecule has 1 N–H and O–H groups in total. The summed E-state index contributed by atoms with van der Waals surface area (Å²) in [5.74, 6) is -0.492. The minimum absolute atomic E-state index is 0.0861. The van der Waals surface area contributed by atoms with Gasteiger partial charge in [-0.2, -0.15) is 0 Å². The first kappa shape index (κ1) is 18.9. The highest BCUT2D eigenvalue weighted by Gasteiger charge is 2.28. The van der Waals surface area contributed by atoms with Gasteiger partial charge < -0.3 is 9.84 Å². The number of amides is 1. The number of carboxylic acids is 1. The average Bonchev–Trinajstić information content (AvgIpc) is 2.55. The summed E-state index contributed by atoms with van der Waals surface area (Å²) >= 11 is 6.38. The number of rotatable bonds is 3. The van der Waals surface area contributed by atoms with Crippen LogP contribution in [0.4, 0.5) is 10.5 Å². The number of carbonyl (C=O) groups is 2. The highest BCUT2D eigenvalue weighted by molar-refractivity contribution is 14.1. The second-order valence-corrected chi connectivity index (χ2v) is 8.54. The molecule has 3 rings (SSSR count). The van der Waals surface area contributed by atoms with Crippen LogP contribution in [0.3, 0.4) is 0 Å². The smallest absolute Gasteiger partial charge is 0.428 e. The van der Waals surface area contributed by atoms with Crippen LogP contribution in [0.2, 0.25) is 0 Å². The lowest BCUT2D eigenvalue weighted by atomic mass is 10.0. The Hall–Kier alpha value is -0.890. The van der Waals surface area contributed by atoms with E-state index in [0.29, 0.717) is 22.6 Å². The molecule has 5 nitrogen and oxygen atoms in total. The van der Waals surface area contributed by atoms with E-state index in [-0.39, 0.29) is 6.42 Å². The zero-order chi connectivity index (χ0) is 18.1. The van der Waals surface area contributed by atoms with Crippen LogP contribution >= 0.6 is 68.0 Å². The molecule has 8 heteroatoms. The molecule has 0 atom stereocenters. The average molecular weight is 673 g/mol. The fourth-order valence-electron chi connectivity index (χ4n) is 2.38. The van der Waals surface area contributed by atoms with E-state index in [4.69, 9.17) is 9.84 Å². The first-order valence-corrected chi connectivity index (χ1v) is 10.2. The Morgan fingerprint density at radius 2 is 1.92 bits per heavy atom. The minimum Gasteiger partial charge on any atom is -0.481 e. The number of carboxylic acid groups (broad SMARTS) is 1. The maximum atomic E-state index is 12.1. The van der Waals surface area contributed by atoms with Crippen LogP contribution in [-0.4, -0.2) is 17.2 Å². The summed E-state index contributed by atoms with van der Waals surface area (Å²) in [6.45, 7) is 0.